The van der Waals surface area contributed by atoms with Crippen LogP contribution in [0.25, 0.3) is 0 Å². The van der Waals surface area contributed by atoms with E-state index in [9.17, 15) is 9.59 Å². The molecule has 1 heterocycles. The van der Waals surface area contributed by atoms with E-state index in [1.54, 1.807) is 50.2 Å². The average molecular weight is 370 g/mol. The molecule has 2 aromatic carbocycles. The Morgan fingerprint density at radius 1 is 0.852 bits per heavy atom. The Bertz CT molecular complexity index is 756. The standard InChI is InChI=1S/C21H22O6/c1-3-24-19(22)21(20(23)25-4-2)17(15-11-7-5-8-12-15)26-18(27-21)16-13-9-6-10-14-16/h5-14,17-18H,3-4H2,1-2H3/t17-,18+/m1/s1. The highest BCUT2D eigenvalue weighted by Gasteiger charge is 2.64. The predicted octanol–water partition coefficient (Wildman–Crippen LogP) is 3.34. The Balaban J connectivity index is 2.09. The highest BCUT2D eigenvalue weighted by atomic mass is 16.8. The number of rotatable bonds is 6. The summed E-state index contributed by atoms with van der Waals surface area (Å²) in [7, 11) is 0. The second kappa shape index (κ2) is 8.33. The van der Waals surface area contributed by atoms with Gasteiger partial charge in [0.2, 0.25) is 0 Å². The largest absolute Gasteiger partial charge is 0.463 e. The SMILES string of the molecule is CCOC(=O)C1(C(=O)OCC)O[C@@H](c2ccccc2)O[C@@H]1c1ccccc1. The summed E-state index contributed by atoms with van der Waals surface area (Å²) in [4.78, 5) is 25.8. The van der Waals surface area contributed by atoms with Crippen molar-refractivity contribution in [3.05, 3.63) is 71.8 Å². The average Bonchev–Trinajstić information content (AvgIpc) is 3.12. The summed E-state index contributed by atoms with van der Waals surface area (Å²) in [5.41, 5.74) is -0.723. The zero-order valence-electron chi connectivity index (χ0n) is 15.3. The van der Waals surface area contributed by atoms with E-state index < -0.39 is 29.9 Å². The molecule has 1 saturated heterocycles. The molecule has 0 bridgehead atoms. The summed E-state index contributed by atoms with van der Waals surface area (Å²) in [6, 6.07) is 18.1. The van der Waals surface area contributed by atoms with Gasteiger partial charge in [-0.05, 0) is 19.4 Å². The van der Waals surface area contributed by atoms with Gasteiger partial charge in [-0.15, -0.1) is 0 Å². The van der Waals surface area contributed by atoms with Crippen molar-refractivity contribution in [2.45, 2.75) is 31.8 Å². The van der Waals surface area contributed by atoms with Crippen LogP contribution in [0.2, 0.25) is 0 Å². The number of hydrogen-bond acceptors (Lipinski definition) is 6. The monoisotopic (exact) mass is 370 g/mol. The van der Waals surface area contributed by atoms with Crippen LogP contribution in [0.15, 0.2) is 60.7 Å². The van der Waals surface area contributed by atoms with Crippen LogP contribution in [-0.2, 0) is 28.5 Å². The molecule has 0 aliphatic carbocycles. The van der Waals surface area contributed by atoms with Gasteiger partial charge in [0.15, 0.2) is 6.29 Å². The van der Waals surface area contributed by atoms with E-state index >= 15 is 0 Å². The van der Waals surface area contributed by atoms with Gasteiger partial charge in [-0.1, -0.05) is 60.7 Å². The summed E-state index contributed by atoms with van der Waals surface area (Å²) < 4.78 is 22.4. The molecule has 0 saturated carbocycles. The molecule has 27 heavy (non-hydrogen) atoms. The number of benzene rings is 2. The van der Waals surface area contributed by atoms with Crippen LogP contribution >= 0.6 is 0 Å². The van der Waals surface area contributed by atoms with E-state index in [0.717, 1.165) is 0 Å². The molecule has 3 rings (SSSR count). The molecular weight excluding hydrogens is 348 g/mol. The van der Waals surface area contributed by atoms with Crippen LogP contribution in [0, 0.1) is 0 Å². The Morgan fingerprint density at radius 3 is 1.81 bits per heavy atom. The summed E-state index contributed by atoms with van der Waals surface area (Å²) in [6.45, 7) is 3.53. The van der Waals surface area contributed by atoms with E-state index in [4.69, 9.17) is 18.9 Å². The first-order valence-electron chi connectivity index (χ1n) is 8.91. The zero-order valence-corrected chi connectivity index (χ0v) is 15.3. The topological polar surface area (TPSA) is 71.1 Å². The molecule has 142 valence electrons. The molecule has 6 heteroatoms. The van der Waals surface area contributed by atoms with E-state index in [1.165, 1.54) is 0 Å². The lowest BCUT2D eigenvalue weighted by Gasteiger charge is -2.28. The van der Waals surface area contributed by atoms with Crippen LogP contribution in [0.4, 0.5) is 0 Å². The van der Waals surface area contributed by atoms with Crippen LogP contribution in [0.5, 0.6) is 0 Å². The first-order valence-corrected chi connectivity index (χ1v) is 8.91. The van der Waals surface area contributed by atoms with Gasteiger partial charge < -0.3 is 18.9 Å². The lowest BCUT2D eigenvalue weighted by Crippen LogP contribution is -2.52. The van der Waals surface area contributed by atoms with Crippen molar-refractivity contribution in [3.63, 3.8) is 0 Å². The molecule has 0 amide bonds. The molecule has 0 unspecified atom stereocenters. The van der Waals surface area contributed by atoms with Crippen LogP contribution in [0.3, 0.4) is 0 Å². The van der Waals surface area contributed by atoms with Gasteiger partial charge in [0.1, 0.15) is 6.10 Å². The van der Waals surface area contributed by atoms with Crippen LogP contribution in [-0.4, -0.2) is 30.8 Å². The second-order valence-corrected chi connectivity index (χ2v) is 5.96. The van der Waals surface area contributed by atoms with Crippen molar-refractivity contribution in [1.29, 1.82) is 0 Å². The molecule has 0 radical (unpaired) electrons. The zero-order chi connectivity index (χ0) is 19.3. The number of hydrogen-bond donors (Lipinski definition) is 0. The number of esters is 2. The maximum atomic E-state index is 12.9. The molecule has 2 atom stereocenters. The third kappa shape index (κ3) is 3.59. The first kappa shape index (κ1) is 19.1. The molecule has 0 N–H and O–H groups in total. The molecule has 1 fully saturated rings. The lowest BCUT2D eigenvalue weighted by molar-refractivity contribution is -0.191. The van der Waals surface area contributed by atoms with Crippen molar-refractivity contribution in [3.8, 4) is 0 Å². The van der Waals surface area contributed by atoms with Gasteiger partial charge in [-0.2, -0.15) is 0 Å². The first-order chi connectivity index (χ1) is 13.1. The smallest absolute Gasteiger partial charge is 0.353 e. The Labute approximate surface area is 158 Å². The van der Waals surface area contributed by atoms with Gasteiger partial charge >= 0.3 is 11.9 Å². The molecule has 0 spiro atoms. The third-order valence-corrected chi connectivity index (χ3v) is 4.25. The molecule has 6 nitrogen and oxygen atoms in total. The number of carbonyl (C=O) groups excluding carboxylic acids is 2. The predicted molar refractivity (Wildman–Crippen MR) is 96.5 cm³/mol. The Kier molecular flexibility index (Phi) is 5.88. The van der Waals surface area contributed by atoms with Gasteiger partial charge in [0.25, 0.3) is 5.60 Å². The molecule has 1 aliphatic heterocycles. The molecular formula is C21H22O6. The van der Waals surface area contributed by atoms with E-state index in [1.807, 2.05) is 24.3 Å². The van der Waals surface area contributed by atoms with Gasteiger partial charge in [-0.25, -0.2) is 9.59 Å². The number of ether oxygens (including phenoxy) is 4. The summed E-state index contributed by atoms with van der Waals surface area (Å²) >= 11 is 0. The normalized spacial score (nSPS) is 20.8. The minimum atomic E-state index is -2.03. The Hall–Kier alpha value is -2.70. The highest BCUT2D eigenvalue weighted by molar-refractivity contribution is 6.05. The second-order valence-electron chi connectivity index (χ2n) is 5.96. The molecule has 2 aromatic rings. The third-order valence-electron chi connectivity index (χ3n) is 4.25. The minimum absolute atomic E-state index is 0.0981. The van der Waals surface area contributed by atoms with Gasteiger partial charge in [0.05, 0.1) is 13.2 Å². The quantitative estimate of drug-likeness (QED) is 0.574. The fraction of sp³-hybridized carbons (Fsp3) is 0.333. The molecule has 0 aromatic heterocycles. The van der Waals surface area contributed by atoms with Crippen LogP contribution in [0.1, 0.15) is 37.4 Å². The maximum absolute atomic E-state index is 12.9. The van der Waals surface area contributed by atoms with Crippen molar-refractivity contribution >= 4 is 11.9 Å². The highest BCUT2D eigenvalue weighted by Crippen LogP contribution is 2.48. The van der Waals surface area contributed by atoms with Crippen molar-refractivity contribution in [1.82, 2.24) is 0 Å². The fourth-order valence-corrected chi connectivity index (χ4v) is 3.05. The maximum Gasteiger partial charge on any atom is 0.353 e. The fourth-order valence-electron chi connectivity index (χ4n) is 3.05. The van der Waals surface area contributed by atoms with Crippen LogP contribution < -0.4 is 0 Å². The number of carbonyl (C=O) groups is 2. The van der Waals surface area contributed by atoms with Crippen molar-refractivity contribution in [2.24, 2.45) is 0 Å². The van der Waals surface area contributed by atoms with Crippen molar-refractivity contribution < 1.29 is 28.5 Å². The van der Waals surface area contributed by atoms with E-state index in [-0.39, 0.29) is 13.2 Å². The van der Waals surface area contributed by atoms with Crippen molar-refractivity contribution in [2.75, 3.05) is 13.2 Å². The summed E-state index contributed by atoms with van der Waals surface area (Å²) in [6.07, 6.45) is -1.91. The minimum Gasteiger partial charge on any atom is -0.463 e. The lowest BCUT2D eigenvalue weighted by atomic mass is 9.91. The van der Waals surface area contributed by atoms with E-state index in [2.05, 4.69) is 0 Å². The summed E-state index contributed by atoms with van der Waals surface area (Å²) in [5, 5.41) is 0. The van der Waals surface area contributed by atoms with Gasteiger partial charge in [0, 0.05) is 5.56 Å². The van der Waals surface area contributed by atoms with E-state index in [0.29, 0.717) is 11.1 Å². The molecule has 1 aliphatic rings. The van der Waals surface area contributed by atoms with Gasteiger partial charge in [-0.3, -0.25) is 0 Å². The summed E-state index contributed by atoms with van der Waals surface area (Å²) in [5.74, 6) is -1.65. The Morgan fingerprint density at radius 2 is 1.33 bits per heavy atom.